The highest BCUT2D eigenvalue weighted by molar-refractivity contribution is 5.94. The fourth-order valence-electron chi connectivity index (χ4n) is 5.46. The maximum absolute atomic E-state index is 13.1. The number of piperazine rings is 1. The van der Waals surface area contributed by atoms with Crippen LogP contribution in [-0.2, 0) is 6.54 Å². The molecule has 0 radical (unpaired) electrons. The monoisotopic (exact) mass is 507 g/mol. The largest absolute Gasteiger partial charge is 0.370 e. The lowest BCUT2D eigenvalue weighted by molar-refractivity contribution is 0.0628. The number of nitrogens with one attached hydrogen (secondary N) is 2. The summed E-state index contributed by atoms with van der Waals surface area (Å²) in [7, 11) is 0. The number of rotatable bonds is 6. The third-order valence-electron chi connectivity index (χ3n) is 7.51. The number of fused-ring (bicyclic) bond motifs is 1. The van der Waals surface area contributed by atoms with Crippen molar-refractivity contribution >= 4 is 11.6 Å². The Morgan fingerprint density at radius 1 is 1.00 bits per heavy atom. The number of hydrogen-bond donors (Lipinski definition) is 3. The van der Waals surface area contributed by atoms with E-state index in [1.54, 1.807) is 6.20 Å². The van der Waals surface area contributed by atoms with Gasteiger partial charge >= 0.3 is 0 Å². The molecule has 0 spiro atoms. The number of allylic oxidation sites excluding steroid dienone is 3. The molecule has 4 heterocycles. The molecule has 0 aromatic heterocycles. The number of dihydropyridines is 1. The summed E-state index contributed by atoms with van der Waals surface area (Å²) in [6.07, 6.45) is 14.3. The van der Waals surface area contributed by atoms with Crippen LogP contribution in [0.4, 0.5) is 5.69 Å². The van der Waals surface area contributed by atoms with E-state index >= 15 is 0 Å². The summed E-state index contributed by atoms with van der Waals surface area (Å²) in [6, 6.07) is 18.5. The summed E-state index contributed by atoms with van der Waals surface area (Å²) in [5.41, 5.74) is 6.15. The van der Waals surface area contributed by atoms with Gasteiger partial charge in [0.05, 0.1) is 6.04 Å². The van der Waals surface area contributed by atoms with E-state index in [1.165, 1.54) is 5.56 Å². The molecule has 2 aromatic carbocycles. The molecule has 4 aliphatic heterocycles. The second kappa shape index (κ2) is 10.7. The summed E-state index contributed by atoms with van der Waals surface area (Å²) in [6.45, 7) is 4.19. The number of aliphatic hydroxyl groups excluding tert-OH is 1. The summed E-state index contributed by atoms with van der Waals surface area (Å²) >= 11 is 0. The molecular weight excluding hydrogens is 474 g/mol. The van der Waals surface area contributed by atoms with Crippen molar-refractivity contribution in [1.82, 2.24) is 20.0 Å². The van der Waals surface area contributed by atoms with Crippen LogP contribution in [0, 0.1) is 0 Å². The number of carbonyl (C=O) groups excluding carboxylic acids is 1. The van der Waals surface area contributed by atoms with E-state index in [-0.39, 0.29) is 11.9 Å². The number of amides is 1. The second-order valence-corrected chi connectivity index (χ2v) is 10.0. The first-order valence-corrected chi connectivity index (χ1v) is 13.3. The highest BCUT2D eigenvalue weighted by Gasteiger charge is 2.30. The summed E-state index contributed by atoms with van der Waals surface area (Å²) in [4.78, 5) is 19.8. The number of benzene rings is 2. The zero-order valence-corrected chi connectivity index (χ0v) is 21.3. The number of aliphatic hydroxyl groups is 1. The average molecular weight is 508 g/mol. The highest BCUT2D eigenvalue weighted by Crippen LogP contribution is 2.34. The van der Waals surface area contributed by atoms with Crippen LogP contribution in [0.15, 0.2) is 114 Å². The SMILES string of the molecule is O=C(c1ccc(NC2=CC=C(C3=CC(O)NC=C3)N3C=CCC23)cc1)N1CCN(Cc2ccccc2)CC1. The predicted octanol–water partition coefficient (Wildman–Crippen LogP) is 3.79. The molecule has 2 unspecified atom stereocenters. The summed E-state index contributed by atoms with van der Waals surface area (Å²) in [5, 5.41) is 16.4. The van der Waals surface area contributed by atoms with E-state index in [0.717, 1.165) is 67.4 Å². The van der Waals surface area contributed by atoms with E-state index in [0.29, 0.717) is 0 Å². The molecule has 2 atom stereocenters. The first-order valence-electron chi connectivity index (χ1n) is 13.3. The van der Waals surface area contributed by atoms with E-state index in [4.69, 9.17) is 0 Å². The number of anilines is 1. The molecular formula is C31H33N5O2. The maximum atomic E-state index is 13.1. The fourth-order valence-corrected chi connectivity index (χ4v) is 5.46. The maximum Gasteiger partial charge on any atom is 0.253 e. The van der Waals surface area contributed by atoms with Crippen molar-refractivity contribution in [3.63, 3.8) is 0 Å². The lowest BCUT2D eigenvalue weighted by atomic mass is 10.0. The van der Waals surface area contributed by atoms with Gasteiger partial charge in [0.1, 0.15) is 6.23 Å². The number of carbonyl (C=O) groups is 1. The Morgan fingerprint density at radius 3 is 2.55 bits per heavy atom. The van der Waals surface area contributed by atoms with E-state index in [1.807, 2.05) is 47.4 Å². The van der Waals surface area contributed by atoms with Gasteiger partial charge in [-0.25, -0.2) is 0 Å². The van der Waals surface area contributed by atoms with Crippen molar-refractivity contribution in [2.45, 2.75) is 25.2 Å². The quantitative estimate of drug-likeness (QED) is 0.553. The van der Waals surface area contributed by atoms with Gasteiger partial charge in [0, 0.05) is 67.1 Å². The molecule has 7 nitrogen and oxygen atoms in total. The number of nitrogens with zero attached hydrogens (tertiary/aromatic N) is 3. The van der Waals surface area contributed by atoms with Crippen LogP contribution in [0.5, 0.6) is 0 Å². The standard InChI is InChI=1S/C31H33N5O2/c37-30-21-25(14-15-32-30)28-13-12-27(29-7-4-16-36(28)29)33-26-10-8-24(9-11-26)31(38)35-19-17-34(18-20-35)22-23-5-2-1-3-6-23/h1-6,8-16,21,29-30,32-33,37H,7,17-20,22H2. The van der Waals surface area contributed by atoms with Gasteiger partial charge in [-0.2, -0.15) is 0 Å². The minimum absolute atomic E-state index is 0.0945. The minimum Gasteiger partial charge on any atom is -0.370 e. The highest BCUT2D eigenvalue weighted by atomic mass is 16.3. The molecule has 1 amide bonds. The Morgan fingerprint density at radius 2 is 1.79 bits per heavy atom. The van der Waals surface area contributed by atoms with Crippen LogP contribution < -0.4 is 10.6 Å². The molecule has 2 aromatic rings. The van der Waals surface area contributed by atoms with Crippen LogP contribution >= 0.6 is 0 Å². The molecule has 3 N–H and O–H groups in total. The van der Waals surface area contributed by atoms with E-state index in [9.17, 15) is 9.90 Å². The average Bonchev–Trinajstić information content (AvgIpc) is 3.45. The van der Waals surface area contributed by atoms with Gasteiger partial charge in [-0.3, -0.25) is 9.69 Å². The third kappa shape index (κ3) is 5.16. The van der Waals surface area contributed by atoms with Gasteiger partial charge in [0.2, 0.25) is 0 Å². The van der Waals surface area contributed by atoms with Crippen LogP contribution in [-0.4, -0.2) is 64.2 Å². The van der Waals surface area contributed by atoms with Crippen LogP contribution in [0.25, 0.3) is 0 Å². The molecule has 6 rings (SSSR count). The molecule has 194 valence electrons. The Kier molecular flexibility index (Phi) is 6.86. The first-order chi connectivity index (χ1) is 18.6. The van der Waals surface area contributed by atoms with Gasteiger partial charge in [-0.1, -0.05) is 36.4 Å². The van der Waals surface area contributed by atoms with Crippen LogP contribution in [0.3, 0.4) is 0 Å². The molecule has 38 heavy (non-hydrogen) atoms. The molecule has 1 fully saturated rings. The Bertz CT molecular complexity index is 1320. The normalized spacial score (nSPS) is 22.8. The van der Waals surface area contributed by atoms with Crippen molar-refractivity contribution in [2.75, 3.05) is 31.5 Å². The predicted molar refractivity (Wildman–Crippen MR) is 150 cm³/mol. The molecule has 4 aliphatic rings. The Hall–Kier alpha value is -4.07. The summed E-state index contributed by atoms with van der Waals surface area (Å²) in [5.74, 6) is 0.0945. The van der Waals surface area contributed by atoms with Crippen molar-refractivity contribution in [2.24, 2.45) is 0 Å². The third-order valence-corrected chi connectivity index (χ3v) is 7.51. The van der Waals surface area contributed by atoms with Crippen molar-refractivity contribution in [1.29, 1.82) is 0 Å². The van der Waals surface area contributed by atoms with E-state index < -0.39 is 6.23 Å². The van der Waals surface area contributed by atoms with Gasteiger partial charge < -0.3 is 25.5 Å². The second-order valence-electron chi connectivity index (χ2n) is 10.0. The van der Waals surface area contributed by atoms with Crippen molar-refractivity contribution in [3.05, 3.63) is 125 Å². The van der Waals surface area contributed by atoms with Gasteiger partial charge in [0.25, 0.3) is 5.91 Å². The van der Waals surface area contributed by atoms with E-state index in [2.05, 4.69) is 69.1 Å². The lowest BCUT2D eigenvalue weighted by Crippen LogP contribution is -2.48. The minimum atomic E-state index is -0.677. The van der Waals surface area contributed by atoms with Crippen LogP contribution in [0.2, 0.25) is 0 Å². The molecule has 0 aliphatic carbocycles. The molecule has 0 saturated carbocycles. The Balaban J connectivity index is 1.08. The van der Waals surface area contributed by atoms with Gasteiger partial charge in [-0.05, 0) is 66.8 Å². The first kappa shape index (κ1) is 24.3. The fraction of sp³-hybridized carbons (Fsp3) is 0.258. The van der Waals surface area contributed by atoms with Crippen molar-refractivity contribution < 1.29 is 9.90 Å². The molecule has 0 bridgehead atoms. The molecule has 1 saturated heterocycles. The lowest BCUT2D eigenvalue weighted by Gasteiger charge is -2.35. The van der Waals surface area contributed by atoms with Gasteiger partial charge in [0.15, 0.2) is 0 Å². The number of hydrogen-bond acceptors (Lipinski definition) is 6. The van der Waals surface area contributed by atoms with Gasteiger partial charge in [-0.15, -0.1) is 0 Å². The zero-order valence-electron chi connectivity index (χ0n) is 21.3. The van der Waals surface area contributed by atoms with Crippen LogP contribution in [0.1, 0.15) is 22.3 Å². The smallest absolute Gasteiger partial charge is 0.253 e. The zero-order chi connectivity index (χ0) is 25.9. The summed E-state index contributed by atoms with van der Waals surface area (Å²) < 4.78 is 0. The van der Waals surface area contributed by atoms with Crippen molar-refractivity contribution in [3.8, 4) is 0 Å². The molecule has 7 heteroatoms. The Labute approximate surface area is 223 Å². The topological polar surface area (TPSA) is 71.1 Å².